The Morgan fingerprint density at radius 3 is 2.81 bits per heavy atom. The topological polar surface area (TPSA) is 55.0 Å². The summed E-state index contributed by atoms with van der Waals surface area (Å²) in [5.74, 6) is 1.79. The van der Waals surface area contributed by atoms with Gasteiger partial charge < -0.3 is 9.72 Å². The Hall–Kier alpha value is -0.680. The minimum absolute atomic E-state index is 0.0702. The van der Waals surface area contributed by atoms with Crippen molar-refractivity contribution < 1.29 is 4.74 Å². The van der Waals surface area contributed by atoms with Crippen LogP contribution < -0.4 is 5.56 Å². The molecule has 2 fully saturated rings. The molecule has 4 nitrogen and oxygen atoms in total. The number of nitrogens with zero attached hydrogens (tertiary/aromatic N) is 1. The van der Waals surface area contributed by atoms with Crippen molar-refractivity contribution in [2.24, 2.45) is 5.92 Å². The number of nitrogens with one attached hydrogen (secondary N) is 1. The summed E-state index contributed by atoms with van der Waals surface area (Å²) in [6.45, 7) is 4.91. The minimum Gasteiger partial charge on any atom is -0.367 e. The van der Waals surface area contributed by atoms with Crippen molar-refractivity contribution >= 4 is 15.9 Å². The summed E-state index contributed by atoms with van der Waals surface area (Å²) in [5.41, 5.74) is 0.445. The number of halogens is 1. The van der Waals surface area contributed by atoms with Crippen molar-refractivity contribution in [3.05, 3.63) is 26.3 Å². The number of hydrogen-bond donors (Lipinski definition) is 1. The van der Waals surface area contributed by atoms with E-state index in [-0.39, 0.29) is 5.56 Å². The van der Waals surface area contributed by atoms with Gasteiger partial charge >= 0.3 is 0 Å². The van der Waals surface area contributed by atoms with Gasteiger partial charge in [-0.25, -0.2) is 4.98 Å². The maximum absolute atomic E-state index is 12.3. The lowest BCUT2D eigenvalue weighted by Gasteiger charge is -2.39. The Bertz CT molecular complexity index is 578. The molecule has 1 aromatic heterocycles. The molecule has 0 bridgehead atoms. The van der Waals surface area contributed by atoms with Gasteiger partial charge in [0.05, 0.1) is 5.69 Å². The van der Waals surface area contributed by atoms with Crippen LogP contribution in [-0.2, 0) is 10.3 Å². The van der Waals surface area contributed by atoms with Crippen LogP contribution in [0.1, 0.15) is 69.8 Å². The summed E-state index contributed by atoms with van der Waals surface area (Å²) in [4.78, 5) is 20.1. The van der Waals surface area contributed by atoms with Crippen molar-refractivity contribution in [2.45, 2.75) is 63.9 Å². The summed E-state index contributed by atoms with van der Waals surface area (Å²) in [6.07, 6.45) is 6.50. The molecule has 0 spiro atoms. The number of rotatable bonds is 4. The van der Waals surface area contributed by atoms with Crippen molar-refractivity contribution in [3.8, 4) is 0 Å². The summed E-state index contributed by atoms with van der Waals surface area (Å²) >= 11 is 3.40. The highest BCUT2D eigenvalue weighted by Crippen LogP contribution is 2.44. The molecule has 0 amide bonds. The van der Waals surface area contributed by atoms with Crippen LogP contribution in [0.15, 0.2) is 9.27 Å². The lowest BCUT2D eigenvalue weighted by Crippen LogP contribution is -2.39. The van der Waals surface area contributed by atoms with Crippen LogP contribution in [0.2, 0.25) is 0 Å². The first kappa shape index (κ1) is 15.2. The van der Waals surface area contributed by atoms with Gasteiger partial charge in [-0.2, -0.15) is 0 Å². The summed E-state index contributed by atoms with van der Waals surface area (Å²) < 4.78 is 6.73. The Labute approximate surface area is 133 Å². The van der Waals surface area contributed by atoms with Gasteiger partial charge in [0, 0.05) is 12.5 Å². The third-order valence-corrected chi connectivity index (χ3v) is 5.43. The maximum atomic E-state index is 12.3. The molecule has 21 heavy (non-hydrogen) atoms. The molecule has 0 saturated heterocycles. The number of aromatic nitrogens is 2. The van der Waals surface area contributed by atoms with Crippen LogP contribution >= 0.6 is 15.9 Å². The zero-order chi connectivity index (χ0) is 15.0. The molecule has 3 rings (SSSR count). The van der Waals surface area contributed by atoms with E-state index in [2.05, 4.69) is 27.8 Å². The fourth-order valence-electron chi connectivity index (χ4n) is 3.51. The number of H-pyrrole nitrogens is 1. The van der Waals surface area contributed by atoms with Crippen molar-refractivity contribution in [2.75, 3.05) is 6.61 Å². The van der Waals surface area contributed by atoms with Gasteiger partial charge in [-0.15, -0.1) is 0 Å². The number of aromatic amines is 1. The first-order valence-corrected chi connectivity index (χ1v) is 8.79. The fourth-order valence-corrected chi connectivity index (χ4v) is 4.02. The van der Waals surface area contributed by atoms with E-state index in [1.165, 1.54) is 6.42 Å². The second-order valence-corrected chi connectivity index (χ2v) is 7.31. The summed E-state index contributed by atoms with van der Waals surface area (Å²) in [5, 5.41) is 0. The molecule has 2 aliphatic rings. The quantitative estimate of drug-likeness (QED) is 0.893. The molecular formula is C16H23BrN2O2. The van der Waals surface area contributed by atoms with Crippen LogP contribution in [0.5, 0.6) is 0 Å². The Balaban J connectivity index is 2.05. The van der Waals surface area contributed by atoms with E-state index in [4.69, 9.17) is 9.72 Å². The molecule has 0 aromatic carbocycles. The largest absolute Gasteiger partial charge is 0.367 e. The molecule has 1 N–H and O–H groups in total. The SMILES string of the molecule is CCOC1(c2nc(C3CC3)c(Br)c(=O)[nH]2)CCCC(C)C1. The van der Waals surface area contributed by atoms with Crippen molar-refractivity contribution in [3.63, 3.8) is 0 Å². The Morgan fingerprint density at radius 1 is 1.43 bits per heavy atom. The van der Waals surface area contributed by atoms with Crippen LogP contribution in [-0.4, -0.2) is 16.6 Å². The fraction of sp³-hybridized carbons (Fsp3) is 0.750. The van der Waals surface area contributed by atoms with Crippen LogP contribution in [0.3, 0.4) is 0 Å². The monoisotopic (exact) mass is 354 g/mol. The van der Waals surface area contributed by atoms with E-state index >= 15 is 0 Å². The van der Waals surface area contributed by atoms with Crippen molar-refractivity contribution in [1.82, 2.24) is 9.97 Å². The molecular weight excluding hydrogens is 332 g/mol. The second-order valence-electron chi connectivity index (χ2n) is 6.52. The highest BCUT2D eigenvalue weighted by molar-refractivity contribution is 9.10. The zero-order valence-corrected chi connectivity index (χ0v) is 14.3. The van der Waals surface area contributed by atoms with Crippen LogP contribution in [0.4, 0.5) is 0 Å². The van der Waals surface area contributed by atoms with Gasteiger partial charge in [-0.3, -0.25) is 4.79 Å². The smallest absolute Gasteiger partial charge is 0.265 e. The normalized spacial score (nSPS) is 29.6. The average molecular weight is 355 g/mol. The highest BCUT2D eigenvalue weighted by atomic mass is 79.9. The molecule has 2 atom stereocenters. The van der Waals surface area contributed by atoms with E-state index in [0.717, 1.165) is 43.6 Å². The average Bonchev–Trinajstić information content (AvgIpc) is 3.26. The third-order valence-electron chi connectivity index (χ3n) is 4.66. The molecule has 1 aromatic rings. The molecule has 1 heterocycles. The summed E-state index contributed by atoms with van der Waals surface area (Å²) in [7, 11) is 0. The Kier molecular flexibility index (Phi) is 4.23. The molecule has 2 aliphatic carbocycles. The zero-order valence-electron chi connectivity index (χ0n) is 12.7. The van der Waals surface area contributed by atoms with E-state index in [1.54, 1.807) is 0 Å². The maximum Gasteiger partial charge on any atom is 0.265 e. The highest BCUT2D eigenvalue weighted by Gasteiger charge is 2.41. The van der Waals surface area contributed by atoms with Gasteiger partial charge in [0.1, 0.15) is 15.9 Å². The van der Waals surface area contributed by atoms with Gasteiger partial charge in [0.25, 0.3) is 5.56 Å². The van der Waals surface area contributed by atoms with Gasteiger partial charge in [-0.05, 0) is 60.9 Å². The molecule has 116 valence electrons. The number of ether oxygens (including phenoxy) is 1. The predicted molar refractivity (Wildman–Crippen MR) is 85.5 cm³/mol. The standard InChI is InChI=1S/C16H23BrN2O2/c1-3-21-16(8-4-5-10(2)9-16)15-18-13(11-6-7-11)12(17)14(20)19-15/h10-11H,3-9H2,1-2H3,(H,18,19,20). The number of hydrogen-bond acceptors (Lipinski definition) is 3. The minimum atomic E-state index is -0.407. The van der Waals surface area contributed by atoms with Crippen LogP contribution in [0, 0.1) is 5.92 Å². The molecule has 0 radical (unpaired) electrons. The van der Waals surface area contributed by atoms with Gasteiger partial charge in [0.15, 0.2) is 0 Å². The second kappa shape index (κ2) is 5.84. The van der Waals surface area contributed by atoms with E-state index < -0.39 is 5.60 Å². The van der Waals surface area contributed by atoms with Crippen molar-refractivity contribution in [1.29, 1.82) is 0 Å². The predicted octanol–water partition coefficient (Wildman–Crippen LogP) is 3.85. The molecule has 0 aliphatic heterocycles. The van der Waals surface area contributed by atoms with Crippen LogP contribution in [0.25, 0.3) is 0 Å². The first-order valence-electron chi connectivity index (χ1n) is 8.00. The lowest BCUT2D eigenvalue weighted by molar-refractivity contribution is -0.0883. The van der Waals surface area contributed by atoms with E-state index in [1.807, 2.05) is 6.92 Å². The first-order chi connectivity index (χ1) is 10.1. The molecule has 2 unspecified atom stereocenters. The third kappa shape index (κ3) is 2.95. The lowest BCUT2D eigenvalue weighted by atomic mass is 9.78. The van der Waals surface area contributed by atoms with Gasteiger partial charge in [0.2, 0.25) is 0 Å². The van der Waals surface area contributed by atoms with E-state index in [9.17, 15) is 4.79 Å². The molecule has 5 heteroatoms. The summed E-state index contributed by atoms with van der Waals surface area (Å²) in [6, 6.07) is 0. The van der Waals surface area contributed by atoms with E-state index in [0.29, 0.717) is 22.9 Å². The van der Waals surface area contributed by atoms with Gasteiger partial charge in [-0.1, -0.05) is 13.3 Å². The Morgan fingerprint density at radius 2 is 2.19 bits per heavy atom. The molecule has 2 saturated carbocycles.